The van der Waals surface area contributed by atoms with Crippen LogP contribution in [0.5, 0.6) is 0 Å². The van der Waals surface area contributed by atoms with Crippen molar-refractivity contribution in [2.45, 2.75) is 213 Å². The molecule has 0 spiro atoms. The normalized spacial score (nSPS) is 12.2. The molecule has 3 N–H and O–H groups in total. The quantitative estimate of drug-likeness (QED) is 0.0455. The molecule has 0 heterocycles. The summed E-state index contributed by atoms with van der Waals surface area (Å²) in [6, 6.07) is 0. The minimum Gasteiger partial charge on any atom is -0.394 e. The third kappa shape index (κ3) is 34.3. The number of hydrogen-bond acceptors (Lipinski definition) is 4. The monoisotopic (exact) mass is 665 g/mol. The SMILES string of the molecule is CCCCCCCCCCCCCCCCCCNC(=O)/C=C\C(=O)N(CCCCCCCCCCCCCCCC)CC(O)CO. The van der Waals surface area contributed by atoms with E-state index in [9.17, 15) is 19.8 Å². The van der Waals surface area contributed by atoms with Gasteiger partial charge in [0.25, 0.3) is 0 Å². The van der Waals surface area contributed by atoms with Gasteiger partial charge in [-0.25, -0.2) is 0 Å². The number of hydrogen-bond donors (Lipinski definition) is 3. The second-order valence-electron chi connectivity index (χ2n) is 14.1. The number of amides is 2. The first-order valence-corrected chi connectivity index (χ1v) is 20.6. The summed E-state index contributed by atoms with van der Waals surface area (Å²) in [7, 11) is 0. The van der Waals surface area contributed by atoms with Gasteiger partial charge >= 0.3 is 0 Å². The summed E-state index contributed by atoms with van der Waals surface area (Å²) in [4.78, 5) is 26.6. The molecule has 1 atom stereocenters. The summed E-state index contributed by atoms with van der Waals surface area (Å²) in [6.07, 6.45) is 40.6. The fraction of sp³-hybridized carbons (Fsp3) is 0.902. The van der Waals surface area contributed by atoms with Crippen LogP contribution < -0.4 is 5.32 Å². The molecule has 0 fully saturated rings. The van der Waals surface area contributed by atoms with Crippen LogP contribution in [0.1, 0.15) is 206 Å². The first-order chi connectivity index (χ1) is 23.0. The van der Waals surface area contributed by atoms with Crippen LogP contribution in [0, 0.1) is 0 Å². The van der Waals surface area contributed by atoms with Gasteiger partial charge in [-0.1, -0.05) is 194 Å². The summed E-state index contributed by atoms with van der Waals surface area (Å²) < 4.78 is 0. The Kier molecular flexibility index (Phi) is 36.3. The van der Waals surface area contributed by atoms with Crippen LogP contribution in [0.2, 0.25) is 0 Å². The lowest BCUT2D eigenvalue weighted by Crippen LogP contribution is -2.38. The Morgan fingerprint density at radius 3 is 1.23 bits per heavy atom. The van der Waals surface area contributed by atoms with Crippen LogP contribution in [0.15, 0.2) is 12.2 Å². The molecule has 0 aliphatic rings. The van der Waals surface area contributed by atoms with Crippen molar-refractivity contribution in [2.24, 2.45) is 0 Å². The Bertz CT molecular complexity index is 699. The average molecular weight is 665 g/mol. The molecule has 278 valence electrons. The van der Waals surface area contributed by atoms with Gasteiger partial charge in [-0.15, -0.1) is 0 Å². The standard InChI is InChI=1S/C41H80N2O4/c1-3-5-7-9-11-13-15-17-19-20-21-23-25-27-29-31-35-42-40(46)33-34-41(47)43(37-39(45)38-44)36-32-30-28-26-24-22-18-16-14-12-10-8-6-4-2/h33-34,39,44-45H,3-32,35-38H2,1-2H3,(H,42,46)/b34-33-. The molecule has 1 unspecified atom stereocenters. The minimum atomic E-state index is -0.970. The lowest BCUT2D eigenvalue weighted by molar-refractivity contribution is -0.128. The lowest BCUT2D eigenvalue weighted by Gasteiger charge is -2.23. The summed E-state index contributed by atoms with van der Waals surface area (Å²) in [5.41, 5.74) is 0. The van der Waals surface area contributed by atoms with E-state index in [1.165, 1.54) is 173 Å². The van der Waals surface area contributed by atoms with E-state index < -0.39 is 6.10 Å². The highest BCUT2D eigenvalue weighted by Gasteiger charge is 2.15. The van der Waals surface area contributed by atoms with Gasteiger partial charge < -0.3 is 20.4 Å². The fourth-order valence-corrected chi connectivity index (χ4v) is 6.30. The van der Waals surface area contributed by atoms with E-state index in [2.05, 4.69) is 19.2 Å². The summed E-state index contributed by atoms with van der Waals surface area (Å²) in [5, 5.41) is 22.1. The van der Waals surface area contributed by atoms with Gasteiger partial charge in [0.1, 0.15) is 0 Å². The van der Waals surface area contributed by atoms with Crippen molar-refractivity contribution in [1.29, 1.82) is 0 Å². The predicted molar refractivity (Wildman–Crippen MR) is 202 cm³/mol. The molecule has 0 saturated heterocycles. The zero-order valence-corrected chi connectivity index (χ0v) is 31.4. The highest BCUT2D eigenvalue weighted by molar-refractivity contribution is 5.96. The van der Waals surface area contributed by atoms with Gasteiger partial charge in [0, 0.05) is 31.8 Å². The molecule has 0 rings (SSSR count). The summed E-state index contributed by atoms with van der Waals surface area (Å²) >= 11 is 0. The Morgan fingerprint density at radius 2 is 0.872 bits per heavy atom. The van der Waals surface area contributed by atoms with E-state index in [1.807, 2.05) is 0 Å². The molecule has 0 bridgehead atoms. The number of unbranched alkanes of at least 4 members (excludes halogenated alkanes) is 28. The van der Waals surface area contributed by atoms with Crippen LogP contribution in [0.25, 0.3) is 0 Å². The zero-order chi connectivity index (χ0) is 34.5. The van der Waals surface area contributed by atoms with Crippen molar-refractivity contribution in [2.75, 3.05) is 26.2 Å². The summed E-state index contributed by atoms with van der Waals surface area (Å²) in [6.45, 7) is 5.39. The molecule has 6 heteroatoms. The highest BCUT2D eigenvalue weighted by Crippen LogP contribution is 2.15. The molecule has 0 saturated carbocycles. The maximum Gasteiger partial charge on any atom is 0.246 e. The first-order valence-electron chi connectivity index (χ1n) is 20.6. The lowest BCUT2D eigenvalue weighted by atomic mass is 10.0. The Hall–Kier alpha value is -1.40. The Morgan fingerprint density at radius 1 is 0.532 bits per heavy atom. The fourth-order valence-electron chi connectivity index (χ4n) is 6.30. The molecule has 6 nitrogen and oxygen atoms in total. The zero-order valence-electron chi connectivity index (χ0n) is 31.4. The molecule has 0 aliphatic heterocycles. The topological polar surface area (TPSA) is 89.9 Å². The van der Waals surface area contributed by atoms with Crippen LogP contribution in [0.3, 0.4) is 0 Å². The van der Waals surface area contributed by atoms with Crippen LogP contribution in [-0.4, -0.2) is 59.3 Å². The number of nitrogens with one attached hydrogen (secondary N) is 1. The van der Waals surface area contributed by atoms with E-state index in [0.29, 0.717) is 13.1 Å². The maximum absolute atomic E-state index is 12.8. The van der Waals surface area contributed by atoms with Gasteiger partial charge in [0.05, 0.1) is 12.7 Å². The van der Waals surface area contributed by atoms with Crippen molar-refractivity contribution in [1.82, 2.24) is 10.2 Å². The third-order valence-corrected chi connectivity index (χ3v) is 9.44. The van der Waals surface area contributed by atoms with E-state index in [-0.39, 0.29) is 25.0 Å². The molecular weight excluding hydrogens is 584 g/mol. The predicted octanol–water partition coefficient (Wildman–Crippen LogP) is 10.6. The van der Waals surface area contributed by atoms with E-state index in [1.54, 1.807) is 4.90 Å². The van der Waals surface area contributed by atoms with Gasteiger partial charge in [-0.05, 0) is 12.8 Å². The number of carbonyl (C=O) groups is 2. The second-order valence-corrected chi connectivity index (χ2v) is 14.1. The van der Waals surface area contributed by atoms with Gasteiger partial charge in [-0.3, -0.25) is 9.59 Å². The van der Waals surface area contributed by atoms with Gasteiger partial charge in [0.2, 0.25) is 11.8 Å². The van der Waals surface area contributed by atoms with Crippen LogP contribution >= 0.6 is 0 Å². The van der Waals surface area contributed by atoms with Crippen molar-refractivity contribution >= 4 is 11.8 Å². The van der Waals surface area contributed by atoms with Crippen molar-refractivity contribution < 1.29 is 19.8 Å². The molecular formula is C41H80N2O4. The minimum absolute atomic E-state index is 0.0823. The molecule has 47 heavy (non-hydrogen) atoms. The number of carbonyl (C=O) groups excluding carboxylic acids is 2. The molecule has 0 radical (unpaired) electrons. The Balaban J connectivity index is 3.86. The van der Waals surface area contributed by atoms with E-state index in [4.69, 9.17) is 0 Å². The molecule has 0 aromatic carbocycles. The largest absolute Gasteiger partial charge is 0.394 e. The second kappa shape index (κ2) is 37.4. The number of nitrogens with zero attached hydrogens (tertiary/aromatic N) is 1. The number of rotatable bonds is 37. The smallest absolute Gasteiger partial charge is 0.246 e. The highest BCUT2D eigenvalue weighted by atomic mass is 16.3. The van der Waals surface area contributed by atoms with Crippen molar-refractivity contribution in [3.63, 3.8) is 0 Å². The molecule has 0 aromatic heterocycles. The third-order valence-electron chi connectivity index (χ3n) is 9.44. The number of aliphatic hydroxyl groups is 2. The molecule has 2 amide bonds. The maximum atomic E-state index is 12.8. The van der Waals surface area contributed by atoms with Gasteiger partial charge in [-0.2, -0.15) is 0 Å². The summed E-state index contributed by atoms with van der Waals surface area (Å²) in [5.74, 6) is -0.539. The average Bonchev–Trinajstić information content (AvgIpc) is 3.07. The first kappa shape index (κ1) is 45.6. The van der Waals surface area contributed by atoms with E-state index in [0.717, 1.165) is 32.1 Å². The van der Waals surface area contributed by atoms with Crippen molar-refractivity contribution in [3.8, 4) is 0 Å². The van der Waals surface area contributed by atoms with E-state index >= 15 is 0 Å². The Labute approximate surface area is 292 Å². The van der Waals surface area contributed by atoms with Crippen LogP contribution in [0.4, 0.5) is 0 Å². The molecule has 0 aliphatic carbocycles. The molecule has 0 aromatic rings. The number of aliphatic hydroxyl groups excluding tert-OH is 2. The van der Waals surface area contributed by atoms with Crippen LogP contribution in [-0.2, 0) is 9.59 Å². The van der Waals surface area contributed by atoms with Gasteiger partial charge in [0.15, 0.2) is 0 Å². The van der Waals surface area contributed by atoms with Crippen molar-refractivity contribution in [3.05, 3.63) is 12.2 Å².